The highest BCUT2D eigenvalue weighted by molar-refractivity contribution is 6.42. The molecule has 43 heavy (non-hydrogen) atoms. The van der Waals surface area contributed by atoms with Crippen molar-refractivity contribution < 1.29 is 23.8 Å². The number of aliphatic imine (C=N–C) groups is 2. The van der Waals surface area contributed by atoms with Crippen LogP contribution < -0.4 is 15.8 Å². The summed E-state index contributed by atoms with van der Waals surface area (Å²) in [5, 5.41) is 21.4. The Morgan fingerprint density at radius 2 is 2.09 bits per heavy atom. The molecule has 0 aliphatic carbocycles. The number of rotatable bonds is 10. The average molecular weight is 612 g/mol. The smallest absolute Gasteiger partial charge is 0.256 e. The second-order valence-corrected chi connectivity index (χ2v) is 10.1. The largest absolute Gasteiger partial charge is 0.497 e. The van der Waals surface area contributed by atoms with Gasteiger partial charge < -0.3 is 25.8 Å². The Bertz CT molecular complexity index is 1620. The number of aliphatic hydroxyl groups is 1. The summed E-state index contributed by atoms with van der Waals surface area (Å²) in [6.45, 7) is 3.17. The van der Waals surface area contributed by atoms with Crippen molar-refractivity contribution >= 4 is 47.0 Å². The number of aryl methyl sites for hydroxylation is 1. The summed E-state index contributed by atoms with van der Waals surface area (Å²) in [4.78, 5) is 41.6. The molecule has 0 saturated heterocycles. The van der Waals surface area contributed by atoms with E-state index in [4.69, 9.17) is 22.1 Å². The second-order valence-electron chi connectivity index (χ2n) is 9.70. The number of amides is 2. The lowest BCUT2D eigenvalue weighted by Crippen LogP contribution is -2.42. The second kappa shape index (κ2) is 13.5. The van der Waals surface area contributed by atoms with Gasteiger partial charge in [0.2, 0.25) is 5.91 Å². The van der Waals surface area contributed by atoms with E-state index in [1.54, 1.807) is 27.0 Å². The summed E-state index contributed by atoms with van der Waals surface area (Å²) in [5.74, 6) is -0.546. The van der Waals surface area contributed by atoms with E-state index in [1.807, 2.05) is 0 Å². The number of nitrogens with two attached hydrogens (primary N) is 1. The number of allylic oxidation sites excluding steroid dienone is 1. The van der Waals surface area contributed by atoms with Crippen LogP contribution in [0.15, 0.2) is 51.7 Å². The minimum Gasteiger partial charge on any atom is -0.497 e. The molecule has 1 aliphatic rings. The summed E-state index contributed by atoms with van der Waals surface area (Å²) in [6, 6.07) is 4.58. The molecule has 4 rings (SSSR count). The molecule has 2 aromatic heterocycles. The molecule has 3 heterocycles. The predicted octanol–water partition coefficient (Wildman–Crippen LogP) is 2.63. The Morgan fingerprint density at radius 3 is 2.77 bits per heavy atom. The Labute approximate surface area is 251 Å². The molecule has 1 aromatic carbocycles. The van der Waals surface area contributed by atoms with Gasteiger partial charge in [-0.15, -0.1) is 5.10 Å². The van der Waals surface area contributed by atoms with Crippen molar-refractivity contribution in [2.75, 3.05) is 13.7 Å². The number of carbonyl (C=O) groups is 2. The molecule has 0 bridgehead atoms. The first-order chi connectivity index (χ1) is 20.5. The molecule has 15 heteroatoms. The van der Waals surface area contributed by atoms with Crippen LogP contribution in [-0.2, 0) is 18.4 Å². The van der Waals surface area contributed by atoms with Crippen LogP contribution in [0.3, 0.4) is 0 Å². The van der Waals surface area contributed by atoms with E-state index in [-0.39, 0.29) is 35.1 Å². The zero-order chi connectivity index (χ0) is 31.3. The van der Waals surface area contributed by atoms with Crippen molar-refractivity contribution in [3.05, 3.63) is 69.9 Å². The number of fused-ring (bicyclic) bond motifs is 1. The van der Waals surface area contributed by atoms with Crippen molar-refractivity contribution in [2.24, 2.45) is 22.8 Å². The molecule has 0 unspecified atom stereocenters. The van der Waals surface area contributed by atoms with E-state index in [0.717, 1.165) is 0 Å². The zero-order valence-electron chi connectivity index (χ0n) is 24.0. The molecule has 3 aromatic rings. The molecule has 0 saturated carbocycles. The van der Waals surface area contributed by atoms with Crippen molar-refractivity contribution in [2.45, 2.75) is 39.0 Å². The molecule has 0 fully saturated rings. The van der Waals surface area contributed by atoms with Crippen molar-refractivity contribution in [3.63, 3.8) is 0 Å². The van der Waals surface area contributed by atoms with Crippen molar-refractivity contribution in [1.29, 1.82) is 0 Å². The van der Waals surface area contributed by atoms with E-state index < -0.39 is 29.8 Å². The Hall–Kier alpha value is -4.69. The first-order valence-corrected chi connectivity index (χ1v) is 13.6. The van der Waals surface area contributed by atoms with Crippen LogP contribution in [-0.4, -0.2) is 73.6 Å². The molecule has 2 atom stereocenters. The first-order valence-electron chi connectivity index (χ1n) is 13.2. The third kappa shape index (κ3) is 7.59. The fraction of sp³-hybridized carbons (Fsp3) is 0.321. The summed E-state index contributed by atoms with van der Waals surface area (Å²) in [5.41, 5.74) is 7.82. The molecule has 1 aliphatic heterocycles. The van der Waals surface area contributed by atoms with Gasteiger partial charge in [-0.05, 0) is 37.1 Å². The Morgan fingerprint density at radius 1 is 1.33 bits per heavy atom. The standard InChI is InChI=1S/C28H31ClFN9O4/c1-5-23(40)27(16-6-18(30)9-19(7-16)43-4)36-25(41)14-39-13-22-20(28(39)42)8-17(10-33-22)26(31)21(29)11-32-15(2)35-24-12-34-38(3)37-24/h6-12,23,27,40H,5,13-14,31H2,1-4H3,(H,36,41)/t23-,27-/m0/s1. The highest BCUT2D eigenvalue weighted by atomic mass is 35.5. The van der Waals surface area contributed by atoms with Crippen LogP contribution in [0.4, 0.5) is 10.2 Å². The number of pyridine rings is 1. The molecule has 226 valence electrons. The quantitative estimate of drug-likeness (QED) is 0.232. The van der Waals surface area contributed by atoms with Crippen LogP contribution >= 0.6 is 11.6 Å². The number of halogens is 2. The average Bonchev–Trinajstić information content (AvgIpc) is 3.54. The highest BCUT2D eigenvalue weighted by Gasteiger charge is 2.32. The molecular formula is C28H31ClFN9O4. The molecule has 0 radical (unpaired) electrons. The fourth-order valence-corrected chi connectivity index (χ4v) is 4.51. The van der Waals surface area contributed by atoms with E-state index in [0.29, 0.717) is 34.9 Å². The van der Waals surface area contributed by atoms with Crippen LogP contribution in [0.2, 0.25) is 0 Å². The lowest BCUT2D eigenvalue weighted by atomic mass is 9.99. The number of aromatic nitrogens is 4. The minimum atomic E-state index is -1.00. The predicted molar refractivity (Wildman–Crippen MR) is 158 cm³/mol. The van der Waals surface area contributed by atoms with E-state index >= 15 is 0 Å². The molecule has 13 nitrogen and oxygen atoms in total. The molecule has 0 spiro atoms. The maximum Gasteiger partial charge on any atom is 0.256 e. The van der Waals surface area contributed by atoms with Gasteiger partial charge in [0.15, 0.2) is 5.82 Å². The monoisotopic (exact) mass is 611 g/mol. The van der Waals surface area contributed by atoms with Gasteiger partial charge in [0.05, 0.1) is 54.0 Å². The molecular weight excluding hydrogens is 581 g/mol. The Balaban J connectivity index is 1.45. The zero-order valence-corrected chi connectivity index (χ0v) is 24.7. The number of carbonyl (C=O) groups excluding carboxylic acids is 2. The number of methoxy groups -OCH3 is 1. The summed E-state index contributed by atoms with van der Waals surface area (Å²) in [6.07, 6.45) is 3.58. The SMILES string of the molecule is CC[C@H](O)[C@@H](NC(=O)CN1Cc2ncc(C(N)=C(Cl)C=NC(C)=Nc3cnn(C)n3)cc2C1=O)c1cc(F)cc(OC)c1. The number of ether oxygens (including phenoxy) is 1. The maximum atomic E-state index is 14.1. The van der Waals surface area contributed by atoms with E-state index in [9.17, 15) is 19.1 Å². The number of benzene rings is 1. The van der Waals surface area contributed by atoms with Crippen LogP contribution in [0.5, 0.6) is 5.75 Å². The number of nitrogens with one attached hydrogen (secondary N) is 1. The normalized spacial score (nSPS) is 15.4. The van der Waals surface area contributed by atoms with Crippen LogP contribution in [0, 0.1) is 5.82 Å². The number of hydrogen-bond acceptors (Lipinski definition) is 9. The maximum absolute atomic E-state index is 14.1. The topological polar surface area (TPSA) is 173 Å². The number of amidine groups is 1. The van der Waals surface area contributed by atoms with Crippen LogP contribution in [0.1, 0.15) is 53.5 Å². The van der Waals surface area contributed by atoms with Gasteiger partial charge in [-0.3, -0.25) is 14.6 Å². The highest BCUT2D eigenvalue weighted by Crippen LogP contribution is 2.27. The summed E-state index contributed by atoms with van der Waals surface area (Å²) in [7, 11) is 3.06. The van der Waals surface area contributed by atoms with E-state index in [2.05, 4.69) is 30.5 Å². The summed E-state index contributed by atoms with van der Waals surface area (Å²) < 4.78 is 19.3. The lowest BCUT2D eigenvalue weighted by Gasteiger charge is -2.25. The molecule has 4 N–H and O–H groups in total. The number of nitrogens with zero attached hydrogens (tertiary/aromatic N) is 7. The van der Waals surface area contributed by atoms with E-state index in [1.165, 1.54) is 53.6 Å². The lowest BCUT2D eigenvalue weighted by molar-refractivity contribution is -0.123. The van der Waals surface area contributed by atoms with Gasteiger partial charge in [0.25, 0.3) is 5.91 Å². The summed E-state index contributed by atoms with van der Waals surface area (Å²) >= 11 is 6.36. The van der Waals surface area contributed by atoms with Gasteiger partial charge in [-0.1, -0.05) is 18.5 Å². The third-order valence-corrected chi connectivity index (χ3v) is 6.87. The van der Waals surface area contributed by atoms with Crippen molar-refractivity contribution in [3.8, 4) is 5.75 Å². The first kappa shape index (κ1) is 31.3. The third-order valence-electron chi connectivity index (χ3n) is 6.57. The van der Waals surface area contributed by atoms with Gasteiger partial charge in [-0.25, -0.2) is 14.4 Å². The van der Waals surface area contributed by atoms with Gasteiger partial charge >= 0.3 is 0 Å². The number of aliphatic hydroxyl groups excluding tert-OH is 1. The van der Waals surface area contributed by atoms with Crippen molar-refractivity contribution in [1.82, 2.24) is 30.2 Å². The Kier molecular flexibility index (Phi) is 9.83. The molecule has 2 amide bonds. The van der Waals surface area contributed by atoms with Gasteiger partial charge in [0.1, 0.15) is 23.9 Å². The minimum absolute atomic E-state index is 0.0908. The van der Waals surface area contributed by atoms with Gasteiger partial charge in [-0.2, -0.15) is 9.90 Å². The van der Waals surface area contributed by atoms with Gasteiger partial charge in [0, 0.05) is 31.1 Å². The van der Waals surface area contributed by atoms with Crippen LogP contribution in [0.25, 0.3) is 5.70 Å². The fourth-order valence-electron chi connectivity index (χ4n) is 4.35. The number of hydrogen-bond donors (Lipinski definition) is 3.